The van der Waals surface area contributed by atoms with E-state index in [0.717, 1.165) is 37.4 Å². The van der Waals surface area contributed by atoms with Crippen LogP contribution >= 0.6 is 0 Å². The molecule has 0 aromatic heterocycles. The van der Waals surface area contributed by atoms with Crippen LogP contribution in [0.1, 0.15) is 117 Å². The standard InChI is InChI=1S/C35H52B2O4/c1-7-9-11-13-19-35(20-14-12-10-8-2)31-21-27(36-38-23-33(3,4)24-39-36)15-17-29(31)30-18-16-28(22-32(30)35)37-40-25-34(5,6)26-41-37/h15-18,21-22H,7-14,19-20,23-26H2,1-6H3. The zero-order chi connectivity index (χ0) is 29.1. The first-order valence-corrected chi connectivity index (χ1v) is 16.4. The molecule has 0 atom stereocenters. The van der Waals surface area contributed by atoms with Gasteiger partial charge < -0.3 is 18.6 Å². The van der Waals surface area contributed by atoms with Crippen molar-refractivity contribution in [2.45, 2.75) is 111 Å². The molecule has 0 amide bonds. The maximum atomic E-state index is 6.27. The van der Waals surface area contributed by atoms with Gasteiger partial charge in [-0.25, -0.2) is 0 Å². The highest BCUT2D eigenvalue weighted by atomic mass is 16.6. The first kappa shape index (κ1) is 30.9. The van der Waals surface area contributed by atoms with Gasteiger partial charge in [0.2, 0.25) is 0 Å². The van der Waals surface area contributed by atoms with Crippen molar-refractivity contribution in [3.8, 4) is 11.1 Å². The maximum absolute atomic E-state index is 6.27. The van der Waals surface area contributed by atoms with Crippen molar-refractivity contribution in [2.24, 2.45) is 10.8 Å². The average Bonchev–Trinajstić information content (AvgIpc) is 3.22. The first-order chi connectivity index (χ1) is 19.7. The molecule has 2 aromatic carbocycles. The number of hydrogen-bond acceptors (Lipinski definition) is 4. The predicted octanol–water partition coefficient (Wildman–Crippen LogP) is 7.43. The highest BCUT2D eigenvalue weighted by molar-refractivity contribution is 6.62. The minimum atomic E-state index is -0.294. The molecule has 3 aliphatic rings. The summed E-state index contributed by atoms with van der Waals surface area (Å²) < 4.78 is 25.1. The van der Waals surface area contributed by atoms with Gasteiger partial charge >= 0.3 is 14.2 Å². The summed E-state index contributed by atoms with van der Waals surface area (Å²) in [7, 11) is -0.587. The zero-order valence-corrected chi connectivity index (χ0v) is 26.7. The Hall–Kier alpha value is -1.59. The Kier molecular flexibility index (Phi) is 9.75. The normalized spacial score (nSPS) is 20.6. The first-order valence-electron chi connectivity index (χ1n) is 16.4. The van der Waals surface area contributed by atoms with E-state index >= 15 is 0 Å². The van der Waals surface area contributed by atoms with Crippen LogP contribution in [0, 0.1) is 10.8 Å². The number of hydrogen-bond donors (Lipinski definition) is 0. The molecule has 2 fully saturated rings. The number of fused-ring (bicyclic) bond motifs is 3. The van der Waals surface area contributed by atoms with E-state index in [1.807, 2.05) is 0 Å². The molecule has 2 saturated heterocycles. The lowest BCUT2D eigenvalue weighted by Crippen LogP contribution is -2.48. The number of unbranched alkanes of at least 4 members (excludes halogenated alkanes) is 6. The van der Waals surface area contributed by atoms with Gasteiger partial charge in [-0.15, -0.1) is 0 Å². The Labute approximate surface area is 250 Å². The molecule has 2 heterocycles. The molecule has 6 heteroatoms. The van der Waals surface area contributed by atoms with E-state index in [9.17, 15) is 0 Å². The van der Waals surface area contributed by atoms with Crippen molar-refractivity contribution < 1.29 is 18.6 Å². The zero-order valence-electron chi connectivity index (χ0n) is 26.7. The van der Waals surface area contributed by atoms with E-state index in [1.165, 1.54) is 86.5 Å². The van der Waals surface area contributed by atoms with E-state index in [0.29, 0.717) is 0 Å². The summed E-state index contributed by atoms with van der Waals surface area (Å²) in [5.41, 5.74) is 8.10. The molecule has 0 spiro atoms. The molecular weight excluding hydrogens is 506 g/mol. The van der Waals surface area contributed by atoms with Crippen molar-refractivity contribution in [3.05, 3.63) is 47.5 Å². The Morgan fingerprint density at radius 3 is 1.32 bits per heavy atom. The minimum Gasteiger partial charge on any atom is -0.407 e. The van der Waals surface area contributed by atoms with E-state index in [-0.39, 0.29) is 30.5 Å². The molecular formula is C35H52B2O4. The van der Waals surface area contributed by atoms with Gasteiger partial charge in [0, 0.05) is 42.7 Å². The van der Waals surface area contributed by atoms with Gasteiger partial charge in [-0.2, -0.15) is 0 Å². The predicted molar refractivity (Wildman–Crippen MR) is 172 cm³/mol. The summed E-state index contributed by atoms with van der Waals surface area (Å²) in [5, 5.41) is 0. The van der Waals surface area contributed by atoms with Crippen LogP contribution in [0.3, 0.4) is 0 Å². The monoisotopic (exact) mass is 558 g/mol. The Bertz CT molecular complexity index is 1070. The summed E-state index contributed by atoms with van der Waals surface area (Å²) in [6, 6.07) is 14.0. The Balaban J connectivity index is 1.54. The molecule has 222 valence electrons. The van der Waals surface area contributed by atoms with Gasteiger partial charge in [-0.3, -0.25) is 0 Å². The van der Waals surface area contributed by atoms with Crippen molar-refractivity contribution in [1.29, 1.82) is 0 Å². The van der Waals surface area contributed by atoms with E-state index in [1.54, 1.807) is 0 Å². The summed E-state index contributed by atoms with van der Waals surface area (Å²) >= 11 is 0. The molecule has 0 unspecified atom stereocenters. The largest absolute Gasteiger partial charge is 0.493 e. The fourth-order valence-electron chi connectivity index (χ4n) is 6.96. The molecule has 1 aliphatic carbocycles. The van der Waals surface area contributed by atoms with Crippen LogP contribution in [0.25, 0.3) is 11.1 Å². The highest BCUT2D eigenvalue weighted by Crippen LogP contribution is 2.54. The molecule has 5 rings (SSSR count). The second kappa shape index (κ2) is 13.0. The van der Waals surface area contributed by atoms with Crippen LogP contribution in [0.5, 0.6) is 0 Å². The van der Waals surface area contributed by atoms with Gasteiger partial charge in [0.25, 0.3) is 0 Å². The van der Waals surface area contributed by atoms with Crippen molar-refractivity contribution in [3.63, 3.8) is 0 Å². The van der Waals surface area contributed by atoms with Crippen LogP contribution in [-0.4, -0.2) is 40.7 Å². The van der Waals surface area contributed by atoms with Gasteiger partial charge in [0.1, 0.15) is 0 Å². The van der Waals surface area contributed by atoms with E-state index in [2.05, 4.69) is 77.9 Å². The molecule has 2 aliphatic heterocycles. The summed E-state index contributed by atoms with van der Waals surface area (Å²) in [6.07, 6.45) is 12.5. The van der Waals surface area contributed by atoms with Gasteiger partial charge in [0.05, 0.1) is 0 Å². The Morgan fingerprint density at radius 1 is 0.561 bits per heavy atom. The van der Waals surface area contributed by atoms with Crippen LogP contribution in [0.2, 0.25) is 0 Å². The smallest absolute Gasteiger partial charge is 0.407 e. The average molecular weight is 558 g/mol. The van der Waals surface area contributed by atoms with Gasteiger partial charge in [-0.05, 0) is 46.0 Å². The lowest BCUT2D eigenvalue weighted by molar-refractivity contribution is 0.0342. The van der Waals surface area contributed by atoms with Crippen molar-refractivity contribution in [1.82, 2.24) is 0 Å². The second-order valence-electron chi connectivity index (χ2n) is 14.5. The fourth-order valence-corrected chi connectivity index (χ4v) is 6.96. The molecule has 2 aromatic rings. The summed E-state index contributed by atoms with van der Waals surface area (Å²) in [4.78, 5) is 0. The van der Waals surface area contributed by atoms with E-state index in [4.69, 9.17) is 18.6 Å². The summed E-state index contributed by atoms with van der Waals surface area (Å²) in [5.74, 6) is 0. The molecule has 4 nitrogen and oxygen atoms in total. The second-order valence-corrected chi connectivity index (χ2v) is 14.5. The van der Waals surface area contributed by atoms with Crippen LogP contribution in [0.4, 0.5) is 0 Å². The third kappa shape index (κ3) is 6.82. The van der Waals surface area contributed by atoms with Crippen LogP contribution < -0.4 is 10.9 Å². The topological polar surface area (TPSA) is 36.9 Å². The molecule has 0 radical (unpaired) electrons. The highest BCUT2D eigenvalue weighted by Gasteiger charge is 2.45. The Morgan fingerprint density at radius 2 is 0.951 bits per heavy atom. The SMILES string of the molecule is CCCCCCC1(CCCCCC)c2cc(B3OCC(C)(C)CO3)ccc2-c2ccc(B3OCC(C)(C)CO3)cc21. The summed E-state index contributed by atoms with van der Waals surface area (Å²) in [6.45, 7) is 16.3. The van der Waals surface area contributed by atoms with Crippen molar-refractivity contribution in [2.75, 3.05) is 26.4 Å². The molecule has 0 bridgehead atoms. The third-order valence-corrected chi connectivity index (χ3v) is 9.37. The maximum Gasteiger partial charge on any atom is 0.493 e. The minimum absolute atomic E-state index is 0.0138. The molecule has 0 N–H and O–H groups in total. The third-order valence-electron chi connectivity index (χ3n) is 9.37. The lowest BCUT2D eigenvalue weighted by Gasteiger charge is -2.36. The fraction of sp³-hybridized carbons (Fsp3) is 0.657. The van der Waals surface area contributed by atoms with Crippen molar-refractivity contribution >= 4 is 25.2 Å². The van der Waals surface area contributed by atoms with E-state index < -0.39 is 0 Å². The van der Waals surface area contributed by atoms with Crippen LogP contribution in [0.15, 0.2) is 36.4 Å². The van der Waals surface area contributed by atoms with Gasteiger partial charge in [-0.1, -0.05) is 129 Å². The van der Waals surface area contributed by atoms with Crippen LogP contribution in [-0.2, 0) is 24.0 Å². The quantitative estimate of drug-likeness (QED) is 0.201. The van der Waals surface area contributed by atoms with Gasteiger partial charge in [0.15, 0.2) is 0 Å². The number of benzene rings is 2. The number of rotatable bonds is 12. The lowest BCUT2D eigenvalue weighted by atomic mass is 9.66. The molecule has 0 saturated carbocycles. The molecule has 41 heavy (non-hydrogen) atoms.